The average Bonchev–Trinajstić information content (AvgIpc) is 3.29. The highest BCUT2D eigenvalue weighted by Crippen LogP contribution is 2.34. The van der Waals surface area contributed by atoms with Crippen LogP contribution in [0.25, 0.3) is 22.8 Å². The van der Waals surface area contributed by atoms with Crippen LogP contribution in [0.2, 0.25) is 0 Å². The van der Waals surface area contributed by atoms with E-state index in [-0.39, 0.29) is 17.5 Å². The minimum absolute atomic E-state index is 0.145. The molecule has 2 amide bonds. The maximum Gasteiger partial charge on any atom is 0.280 e. The van der Waals surface area contributed by atoms with Crippen molar-refractivity contribution in [3.8, 4) is 22.8 Å². The van der Waals surface area contributed by atoms with Crippen LogP contribution in [0, 0.1) is 0 Å². The number of benzene rings is 3. The van der Waals surface area contributed by atoms with E-state index < -0.39 is 0 Å². The van der Waals surface area contributed by atoms with E-state index in [2.05, 4.69) is 16.4 Å². The Kier molecular flexibility index (Phi) is 5.48. The molecule has 1 aromatic heterocycles. The minimum Gasteiger partial charge on any atom is -0.435 e. The number of carbonyl (C=O) groups is 2. The summed E-state index contributed by atoms with van der Waals surface area (Å²) in [5, 5.41) is 2.75. The molecular formula is C27H23N3O3. The quantitative estimate of drug-likeness (QED) is 0.454. The summed E-state index contributed by atoms with van der Waals surface area (Å²) < 4.78 is 6.16. The number of hydrogen-bond donors (Lipinski definition) is 1. The van der Waals surface area contributed by atoms with Gasteiger partial charge in [0.05, 0.1) is 0 Å². The summed E-state index contributed by atoms with van der Waals surface area (Å²) in [5.74, 6) is 0.476. The molecule has 6 nitrogen and oxygen atoms in total. The van der Waals surface area contributed by atoms with E-state index in [1.807, 2.05) is 60.7 Å². The van der Waals surface area contributed by atoms with Gasteiger partial charge in [0.2, 0.25) is 11.8 Å². The summed E-state index contributed by atoms with van der Waals surface area (Å²) in [7, 11) is 0. The molecule has 4 aromatic rings. The van der Waals surface area contributed by atoms with Gasteiger partial charge in [-0.15, -0.1) is 0 Å². The molecule has 0 saturated carbocycles. The number of carbonyl (C=O) groups excluding carboxylic acids is 2. The number of rotatable bonds is 4. The number of aryl methyl sites for hydroxylation is 1. The molecule has 164 valence electrons. The third-order valence-corrected chi connectivity index (χ3v) is 5.67. The first-order valence-electron chi connectivity index (χ1n) is 10.9. The average molecular weight is 437 g/mol. The lowest BCUT2D eigenvalue weighted by Gasteiger charge is -2.29. The van der Waals surface area contributed by atoms with Gasteiger partial charge in [-0.2, -0.15) is 0 Å². The monoisotopic (exact) mass is 437 g/mol. The lowest BCUT2D eigenvalue weighted by atomic mass is 10.0. The van der Waals surface area contributed by atoms with Crippen molar-refractivity contribution < 1.29 is 14.0 Å². The van der Waals surface area contributed by atoms with Crippen LogP contribution in [0.5, 0.6) is 0 Å². The van der Waals surface area contributed by atoms with Gasteiger partial charge in [-0.1, -0.05) is 36.4 Å². The SMILES string of the molecule is CC(=O)Nc1ccc(-c2oc(-c3ccccc3)nc2C(=O)N2CCCc3ccccc32)cc1. The third kappa shape index (κ3) is 4.15. The summed E-state index contributed by atoms with van der Waals surface area (Å²) in [6.45, 7) is 2.09. The second-order valence-electron chi connectivity index (χ2n) is 8.01. The fourth-order valence-corrected chi connectivity index (χ4v) is 4.15. The van der Waals surface area contributed by atoms with Crippen molar-refractivity contribution in [2.75, 3.05) is 16.8 Å². The van der Waals surface area contributed by atoms with Gasteiger partial charge < -0.3 is 14.6 Å². The third-order valence-electron chi connectivity index (χ3n) is 5.67. The first-order chi connectivity index (χ1) is 16.1. The standard InChI is InChI=1S/C27H23N3O3/c1-18(31)28-22-15-13-20(14-16-22)25-24(29-26(33-25)21-9-3-2-4-10-21)27(32)30-17-7-11-19-8-5-6-12-23(19)30/h2-6,8-10,12-16H,7,11,17H2,1H3,(H,28,31). The number of fused-ring (bicyclic) bond motifs is 1. The van der Waals surface area contributed by atoms with Crippen LogP contribution >= 0.6 is 0 Å². The predicted molar refractivity (Wildman–Crippen MR) is 128 cm³/mol. The van der Waals surface area contributed by atoms with Crippen LogP contribution in [-0.2, 0) is 11.2 Å². The van der Waals surface area contributed by atoms with E-state index in [4.69, 9.17) is 4.42 Å². The van der Waals surface area contributed by atoms with Gasteiger partial charge in [0.25, 0.3) is 5.91 Å². The fraction of sp³-hybridized carbons (Fsp3) is 0.148. The second kappa shape index (κ2) is 8.74. The Bertz CT molecular complexity index is 1310. The molecule has 1 aliphatic rings. The van der Waals surface area contributed by atoms with Crippen molar-refractivity contribution >= 4 is 23.2 Å². The Morgan fingerprint density at radius 3 is 2.39 bits per heavy atom. The van der Waals surface area contributed by atoms with Gasteiger partial charge in [0, 0.05) is 36.0 Å². The van der Waals surface area contributed by atoms with Gasteiger partial charge in [0.15, 0.2) is 11.5 Å². The van der Waals surface area contributed by atoms with Gasteiger partial charge in [-0.3, -0.25) is 9.59 Å². The molecule has 0 fully saturated rings. The molecule has 2 heterocycles. The molecule has 3 aromatic carbocycles. The van der Waals surface area contributed by atoms with Gasteiger partial charge in [-0.05, 0) is 60.9 Å². The molecule has 1 aliphatic heterocycles. The van der Waals surface area contributed by atoms with Gasteiger partial charge in [0.1, 0.15) is 0 Å². The number of nitrogens with one attached hydrogen (secondary N) is 1. The predicted octanol–water partition coefficient (Wildman–Crippen LogP) is 5.56. The Labute approximate surface area is 191 Å². The normalized spacial score (nSPS) is 12.8. The highest BCUT2D eigenvalue weighted by molar-refractivity contribution is 6.09. The summed E-state index contributed by atoms with van der Waals surface area (Å²) >= 11 is 0. The van der Waals surface area contributed by atoms with Crippen molar-refractivity contribution in [2.45, 2.75) is 19.8 Å². The number of anilines is 2. The molecule has 0 bridgehead atoms. The van der Waals surface area contributed by atoms with Crippen LogP contribution in [0.15, 0.2) is 83.3 Å². The molecular weight excluding hydrogens is 414 g/mol. The topological polar surface area (TPSA) is 75.4 Å². The summed E-state index contributed by atoms with van der Waals surface area (Å²) in [4.78, 5) is 31.6. The number of oxazole rings is 1. The summed E-state index contributed by atoms with van der Waals surface area (Å²) in [6, 6.07) is 24.7. The van der Waals surface area contributed by atoms with Crippen LogP contribution in [0.1, 0.15) is 29.4 Å². The van der Waals surface area contributed by atoms with Gasteiger partial charge >= 0.3 is 0 Å². The maximum absolute atomic E-state index is 13.8. The second-order valence-corrected chi connectivity index (χ2v) is 8.01. The van der Waals surface area contributed by atoms with Crippen molar-refractivity contribution in [3.63, 3.8) is 0 Å². The molecule has 6 heteroatoms. The zero-order chi connectivity index (χ0) is 22.8. The largest absolute Gasteiger partial charge is 0.435 e. The van der Waals surface area contributed by atoms with E-state index in [9.17, 15) is 9.59 Å². The zero-order valence-corrected chi connectivity index (χ0v) is 18.2. The Morgan fingerprint density at radius 2 is 1.64 bits per heavy atom. The Hall–Kier alpha value is -4.19. The van der Waals surface area contributed by atoms with Crippen LogP contribution in [0.4, 0.5) is 11.4 Å². The number of para-hydroxylation sites is 1. The molecule has 0 unspecified atom stereocenters. The molecule has 0 atom stereocenters. The maximum atomic E-state index is 13.8. The van der Waals surface area contributed by atoms with E-state index in [0.717, 1.165) is 29.7 Å². The summed E-state index contributed by atoms with van der Waals surface area (Å²) in [6.07, 6.45) is 1.85. The smallest absolute Gasteiger partial charge is 0.280 e. The van der Waals surface area contributed by atoms with E-state index in [1.54, 1.807) is 17.0 Å². The molecule has 33 heavy (non-hydrogen) atoms. The van der Waals surface area contributed by atoms with Crippen LogP contribution < -0.4 is 10.2 Å². The van der Waals surface area contributed by atoms with Crippen LogP contribution in [-0.4, -0.2) is 23.3 Å². The lowest BCUT2D eigenvalue weighted by molar-refractivity contribution is -0.114. The lowest BCUT2D eigenvalue weighted by Crippen LogP contribution is -2.35. The minimum atomic E-state index is -0.186. The highest BCUT2D eigenvalue weighted by atomic mass is 16.4. The van der Waals surface area contributed by atoms with Crippen LogP contribution in [0.3, 0.4) is 0 Å². The highest BCUT2D eigenvalue weighted by Gasteiger charge is 2.29. The van der Waals surface area contributed by atoms with E-state index >= 15 is 0 Å². The van der Waals surface area contributed by atoms with Gasteiger partial charge in [-0.25, -0.2) is 4.98 Å². The number of hydrogen-bond acceptors (Lipinski definition) is 4. The molecule has 0 saturated heterocycles. The molecule has 0 aliphatic carbocycles. The summed E-state index contributed by atoms with van der Waals surface area (Å²) in [5.41, 5.74) is 4.54. The molecule has 1 N–H and O–H groups in total. The Morgan fingerprint density at radius 1 is 0.909 bits per heavy atom. The first-order valence-corrected chi connectivity index (χ1v) is 10.9. The van der Waals surface area contributed by atoms with Crippen molar-refractivity contribution in [1.82, 2.24) is 4.98 Å². The van der Waals surface area contributed by atoms with Crippen molar-refractivity contribution in [1.29, 1.82) is 0 Å². The van der Waals surface area contributed by atoms with E-state index in [1.165, 1.54) is 6.92 Å². The number of nitrogens with zero attached hydrogens (tertiary/aromatic N) is 2. The zero-order valence-electron chi connectivity index (χ0n) is 18.2. The van der Waals surface area contributed by atoms with E-state index in [0.29, 0.717) is 29.4 Å². The molecule has 0 radical (unpaired) electrons. The van der Waals surface area contributed by atoms with Crippen molar-refractivity contribution in [2.24, 2.45) is 0 Å². The number of amides is 2. The number of aromatic nitrogens is 1. The molecule has 5 rings (SSSR count). The Balaban J connectivity index is 1.58. The first kappa shape index (κ1) is 20.7. The van der Waals surface area contributed by atoms with Crippen molar-refractivity contribution in [3.05, 3.63) is 90.1 Å². The fourth-order valence-electron chi connectivity index (χ4n) is 4.15. The molecule has 0 spiro atoms.